The Labute approximate surface area is 102 Å². The van der Waals surface area contributed by atoms with Gasteiger partial charge in [0.05, 0.1) is 5.56 Å². The molecule has 0 spiro atoms. The molecular weight excluding hydrogens is 238 g/mol. The van der Waals surface area contributed by atoms with Crippen molar-refractivity contribution in [1.82, 2.24) is 0 Å². The molecule has 0 atom stereocenters. The second-order valence-electron chi connectivity index (χ2n) is 3.80. The molecule has 0 saturated heterocycles. The van der Waals surface area contributed by atoms with E-state index in [1.54, 1.807) is 0 Å². The zero-order chi connectivity index (χ0) is 13.3. The van der Waals surface area contributed by atoms with Gasteiger partial charge in [0.15, 0.2) is 5.78 Å². The van der Waals surface area contributed by atoms with Gasteiger partial charge in [0, 0.05) is 23.0 Å². The van der Waals surface area contributed by atoms with Crippen LogP contribution in [0.15, 0.2) is 36.4 Å². The van der Waals surface area contributed by atoms with Crippen molar-refractivity contribution in [3.05, 3.63) is 59.2 Å². The summed E-state index contributed by atoms with van der Waals surface area (Å²) in [5.74, 6) is -2.27. The summed E-state index contributed by atoms with van der Waals surface area (Å²) in [6.45, 7) is 0. The van der Waals surface area contributed by atoms with Crippen molar-refractivity contribution in [2.24, 2.45) is 0 Å². The van der Waals surface area contributed by atoms with E-state index in [0.717, 1.165) is 12.1 Å². The number of anilines is 2. The van der Waals surface area contributed by atoms with Crippen molar-refractivity contribution in [1.29, 1.82) is 0 Å². The number of ketones is 1. The maximum absolute atomic E-state index is 13.5. The molecule has 5 heteroatoms. The smallest absolute Gasteiger partial charge is 0.198 e. The lowest BCUT2D eigenvalue weighted by Gasteiger charge is -2.06. The van der Waals surface area contributed by atoms with Gasteiger partial charge >= 0.3 is 0 Å². The Morgan fingerprint density at radius 3 is 2.22 bits per heavy atom. The molecule has 0 heterocycles. The van der Waals surface area contributed by atoms with E-state index in [1.807, 2.05) is 0 Å². The molecule has 92 valence electrons. The molecule has 0 unspecified atom stereocenters. The number of rotatable bonds is 2. The first kappa shape index (κ1) is 12.0. The van der Waals surface area contributed by atoms with Crippen molar-refractivity contribution in [3.63, 3.8) is 0 Å². The highest BCUT2D eigenvalue weighted by Crippen LogP contribution is 2.21. The summed E-state index contributed by atoms with van der Waals surface area (Å²) in [4.78, 5) is 12.0. The molecule has 0 bridgehead atoms. The summed E-state index contributed by atoms with van der Waals surface area (Å²) in [6, 6.07) is 7.07. The van der Waals surface area contributed by atoms with Gasteiger partial charge in [-0.3, -0.25) is 4.79 Å². The minimum Gasteiger partial charge on any atom is -0.399 e. The van der Waals surface area contributed by atoms with Gasteiger partial charge in [0.1, 0.15) is 11.6 Å². The van der Waals surface area contributed by atoms with E-state index in [2.05, 4.69) is 0 Å². The van der Waals surface area contributed by atoms with Gasteiger partial charge in [-0.05, 0) is 30.3 Å². The monoisotopic (exact) mass is 248 g/mol. The molecule has 2 rings (SSSR count). The highest BCUT2D eigenvalue weighted by molar-refractivity contribution is 6.12. The minimum atomic E-state index is -0.920. The van der Waals surface area contributed by atoms with Crippen LogP contribution in [-0.4, -0.2) is 5.78 Å². The van der Waals surface area contributed by atoms with E-state index in [1.165, 1.54) is 18.2 Å². The first-order chi connectivity index (χ1) is 8.49. The normalized spacial score (nSPS) is 10.3. The lowest BCUT2D eigenvalue weighted by Crippen LogP contribution is -2.08. The molecule has 0 fully saturated rings. The topological polar surface area (TPSA) is 69.1 Å². The van der Waals surface area contributed by atoms with E-state index in [-0.39, 0.29) is 16.8 Å². The van der Waals surface area contributed by atoms with E-state index >= 15 is 0 Å². The van der Waals surface area contributed by atoms with Gasteiger partial charge in [0.2, 0.25) is 0 Å². The first-order valence-corrected chi connectivity index (χ1v) is 5.14. The Kier molecular flexibility index (Phi) is 2.97. The van der Waals surface area contributed by atoms with Crippen LogP contribution in [0.4, 0.5) is 20.2 Å². The molecular formula is C13H10F2N2O. The fraction of sp³-hybridized carbons (Fsp3) is 0. The Hall–Kier alpha value is -2.43. The van der Waals surface area contributed by atoms with Crippen LogP contribution in [0.3, 0.4) is 0 Å². The van der Waals surface area contributed by atoms with Crippen molar-refractivity contribution in [2.75, 3.05) is 11.5 Å². The number of nitrogens with two attached hydrogens (primary N) is 2. The third kappa shape index (κ3) is 2.15. The van der Waals surface area contributed by atoms with E-state index in [9.17, 15) is 13.6 Å². The van der Waals surface area contributed by atoms with Gasteiger partial charge in [-0.2, -0.15) is 0 Å². The number of nitrogen functional groups attached to an aromatic ring is 2. The maximum Gasteiger partial charge on any atom is 0.198 e. The molecule has 4 N–H and O–H groups in total. The third-order valence-corrected chi connectivity index (χ3v) is 2.50. The zero-order valence-corrected chi connectivity index (χ0v) is 9.28. The third-order valence-electron chi connectivity index (χ3n) is 2.50. The Morgan fingerprint density at radius 2 is 1.61 bits per heavy atom. The molecule has 0 radical (unpaired) electrons. The summed E-state index contributed by atoms with van der Waals surface area (Å²) < 4.78 is 26.2. The lowest BCUT2D eigenvalue weighted by molar-refractivity contribution is 0.103. The van der Waals surface area contributed by atoms with E-state index in [0.29, 0.717) is 11.8 Å². The SMILES string of the molecule is Nc1ccc(C(=O)c2ccc(F)cc2F)c(N)c1. The first-order valence-electron chi connectivity index (χ1n) is 5.14. The quantitative estimate of drug-likeness (QED) is 0.633. The maximum atomic E-state index is 13.5. The van der Waals surface area contributed by atoms with Gasteiger partial charge in [-0.15, -0.1) is 0 Å². The van der Waals surface area contributed by atoms with Crippen LogP contribution >= 0.6 is 0 Å². The highest BCUT2D eigenvalue weighted by atomic mass is 19.1. The molecule has 0 aliphatic heterocycles. The molecule has 0 amide bonds. The van der Waals surface area contributed by atoms with Crippen LogP contribution in [0.25, 0.3) is 0 Å². The van der Waals surface area contributed by atoms with Crippen LogP contribution in [0, 0.1) is 11.6 Å². The second-order valence-corrected chi connectivity index (χ2v) is 3.80. The number of halogens is 2. The van der Waals surface area contributed by atoms with Crippen molar-refractivity contribution in [2.45, 2.75) is 0 Å². The van der Waals surface area contributed by atoms with Crippen LogP contribution in [0.1, 0.15) is 15.9 Å². The molecule has 0 aromatic heterocycles. The van der Waals surface area contributed by atoms with Gasteiger partial charge < -0.3 is 11.5 Å². The van der Waals surface area contributed by atoms with E-state index < -0.39 is 17.4 Å². The van der Waals surface area contributed by atoms with Crippen LogP contribution in [0.5, 0.6) is 0 Å². The van der Waals surface area contributed by atoms with Crippen LogP contribution in [0.2, 0.25) is 0 Å². The van der Waals surface area contributed by atoms with Gasteiger partial charge in [-0.25, -0.2) is 8.78 Å². The molecule has 3 nitrogen and oxygen atoms in total. The minimum absolute atomic E-state index is 0.134. The zero-order valence-electron chi connectivity index (χ0n) is 9.28. The highest BCUT2D eigenvalue weighted by Gasteiger charge is 2.16. The lowest BCUT2D eigenvalue weighted by atomic mass is 10.0. The molecule has 0 aliphatic carbocycles. The average Bonchev–Trinajstić information content (AvgIpc) is 2.28. The van der Waals surface area contributed by atoms with Crippen LogP contribution < -0.4 is 11.5 Å². The fourth-order valence-corrected chi connectivity index (χ4v) is 1.61. The number of benzene rings is 2. The summed E-state index contributed by atoms with van der Waals surface area (Å²) in [5.41, 5.74) is 11.6. The fourth-order valence-electron chi connectivity index (χ4n) is 1.61. The molecule has 0 aliphatic rings. The molecule has 18 heavy (non-hydrogen) atoms. The van der Waals surface area contributed by atoms with Gasteiger partial charge in [-0.1, -0.05) is 0 Å². The summed E-state index contributed by atoms with van der Waals surface area (Å²) >= 11 is 0. The number of carbonyl (C=O) groups is 1. The molecule has 2 aromatic carbocycles. The summed E-state index contributed by atoms with van der Waals surface area (Å²) in [6.07, 6.45) is 0. The number of carbonyl (C=O) groups excluding carboxylic acids is 1. The standard InChI is InChI=1S/C13H10F2N2O/c14-7-1-3-9(11(15)5-7)13(18)10-4-2-8(16)6-12(10)17/h1-6H,16-17H2. The van der Waals surface area contributed by atoms with Crippen molar-refractivity contribution < 1.29 is 13.6 Å². The Bertz CT molecular complexity index is 573. The second kappa shape index (κ2) is 4.44. The van der Waals surface area contributed by atoms with Crippen molar-refractivity contribution in [3.8, 4) is 0 Å². The number of hydrogen-bond donors (Lipinski definition) is 2. The average molecular weight is 248 g/mol. The number of hydrogen-bond acceptors (Lipinski definition) is 3. The molecule has 0 saturated carbocycles. The summed E-state index contributed by atoms with van der Waals surface area (Å²) in [7, 11) is 0. The Morgan fingerprint density at radius 1 is 0.944 bits per heavy atom. The van der Waals surface area contributed by atoms with Crippen molar-refractivity contribution >= 4 is 17.2 Å². The van der Waals surface area contributed by atoms with Crippen LogP contribution in [-0.2, 0) is 0 Å². The Balaban J connectivity index is 2.48. The molecule has 2 aromatic rings. The predicted octanol–water partition coefficient (Wildman–Crippen LogP) is 2.36. The largest absolute Gasteiger partial charge is 0.399 e. The summed E-state index contributed by atoms with van der Waals surface area (Å²) in [5, 5.41) is 0. The van der Waals surface area contributed by atoms with E-state index in [4.69, 9.17) is 11.5 Å². The predicted molar refractivity (Wildman–Crippen MR) is 65.1 cm³/mol. The van der Waals surface area contributed by atoms with Gasteiger partial charge in [0.25, 0.3) is 0 Å².